The fourth-order valence-corrected chi connectivity index (χ4v) is 1.73. The Bertz CT molecular complexity index is 662. The summed E-state index contributed by atoms with van der Waals surface area (Å²) in [4.78, 5) is 8.05. The summed E-state index contributed by atoms with van der Waals surface area (Å²) in [6, 6.07) is 6.65. The Kier molecular flexibility index (Phi) is 2.29. The molecule has 3 aromatic rings. The van der Waals surface area contributed by atoms with Crippen LogP contribution in [0.4, 0.5) is 4.39 Å². The summed E-state index contributed by atoms with van der Waals surface area (Å²) in [5, 5.41) is 5.03. The third-order valence-corrected chi connectivity index (χ3v) is 2.58. The molecule has 0 saturated heterocycles. The summed E-state index contributed by atoms with van der Waals surface area (Å²) in [7, 11) is 0. The van der Waals surface area contributed by atoms with Gasteiger partial charge in [0.15, 0.2) is 5.65 Å². The molecule has 0 atom stereocenters. The van der Waals surface area contributed by atoms with Crippen LogP contribution in [0.2, 0.25) is 0 Å². The third kappa shape index (κ3) is 1.75. The van der Waals surface area contributed by atoms with E-state index in [4.69, 9.17) is 0 Å². The van der Waals surface area contributed by atoms with Gasteiger partial charge in [0.05, 0.1) is 18.1 Å². The average molecular weight is 228 g/mol. The van der Waals surface area contributed by atoms with Gasteiger partial charge in [0, 0.05) is 11.8 Å². The lowest BCUT2D eigenvalue weighted by Gasteiger charge is -2.03. The van der Waals surface area contributed by atoms with Crippen LogP contribution in [0.5, 0.6) is 0 Å². The molecule has 0 N–H and O–H groups in total. The SMILES string of the molecule is Fc1ccccc1Cn1ncc2cncnc21. The van der Waals surface area contributed by atoms with Crippen molar-refractivity contribution in [2.75, 3.05) is 0 Å². The zero-order chi connectivity index (χ0) is 11.7. The topological polar surface area (TPSA) is 43.6 Å². The lowest BCUT2D eigenvalue weighted by Crippen LogP contribution is -2.04. The number of nitrogens with zero attached hydrogens (tertiary/aromatic N) is 4. The third-order valence-electron chi connectivity index (χ3n) is 2.58. The second-order valence-corrected chi connectivity index (χ2v) is 3.70. The van der Waals surface area contributed by atoms with Gasteiger partial charge in [-0.05, 0) is 6.07 Å². The largest absolute Gasteiger partial charge is 0.244 e. The standard InChI is InChI=1S/C12H9FN4/c13-11-4-2-1-3-9(11)7-17-12-10(6-16-17)5-14-8-15-12/h1-6,8H,7H2. The van der Waals surface area contributed by atoms with Gasteiger partial charge in [-0.3, -0.25) is 0 Å². The molecule has 4 nitrogen and oxygen atoms in total. The number of benzene rings is 1. The normalized spacial score (nSPS) is 10.9. The van der Waals surface area contributed by atoms with E-state index in [0.29, 0.717) is 17.8 Å². The summed E-state index contributed by atoms with van der Waals surface area (Å²) in [6.45, 7) is 0.368. The van der Waals surface area contributed by atoms with E-state index < -0.39 is 0 Å². The highest BCUT2D eigenvalue weighted by Gasteiger charge is 2.06. The van der Waals surface area contributed by atoms with Crippen molar-refractivity contribution >= 4 is 11.0 Å². The van der Waals surface area contributed by atoms with Crippen molar-refractivity contribution in [2.24, 2.45) is 0 Å². The van der Waals surface area contributed by atoms with E-state index in [1.54, 1.807) is 35.3 Å². The quantitative estimate of drug-likeness (QED) is 0.674. The first-order chi connectivity index (χ1) is 8.34. The maximum absolute atomic E-state index is 13.5. The molecule has 2 aromatic heterocycles. The molecule has 0 aliphatic carbocycles. The monoisotopic (exact) mass is 228 g/mol. The molecule has 2 heterocycles. The van der Waals surface area contributed by atoms with Crippen LogP contribution in [-0.2, 0) is 6.54 Å². The second-order valence-electron chi connectivity index (χ2n) is 3.70. The van der Waals surface area contributed by atoms with E-state index in [0.717, 1.165) is 5.39 Å². The summed E-state index contributed by atoms with van der Waals surface area (Å²) in [6.07, 6.45) is 4.82. The predicted octanol–water partition coefficient (Wildman–Crippen LogP) is 2.01. The van der Waals surface area contributed by atoms with Gasteiger partial charge in [0.2, 0.25) is 0 Å². The van der Waals surface area contributed by atoms with E-state index >= 15 is 0 Å². The Balaban J connectivity index is 2.03. The van der Waals surface area contributed by atoms with Gasteiger partial charge >= 0.3 is 0 Å². The fourth-order valence-electron chi connectivity index (χ4n) is 1.73. The lowest BCUT2D eigenvalue weighted by atomic mass is 10.2. The van der Waals surface area contributed by atoms with Crippen molar-refractivity contribution in [2.45, 2.75) is 6.54 Å². The summed E-state index contributed by atoms with van der Waals surface area (Å²) >= 11 is 0. The molecule has 5 heteroatoms. The van der Waals surface area contributed by atoms with Gasteiger partial charge in [-0.25, -0.2) is 19.0 Å². The molecule has 84 valence electrons. The van der Waals surface area contributed by atoms with Crippen LogP contribution >= 0.6 is 0 Å². The number of halogens is 1. The molecular formula is C12H9FN4. The van der Waals surface area contributed by atoms with Crippen molar-refractivity contribution in [3.63, 3.8) is 0 Å². The van der Waals surface area contributed by atoms with Crippen LogP contribution in [0.1, 0.15) is 5.56 Å². The molecule has 3 rings (SSSR count). The van der Waals surface area contributed by atoms with E-state index in [1.165, 1.54) is 12.4 Å². The maximum atomic E-state index is 13.5. The zero-order valence-electron chi connectivity index (χ0n) is 8.92. The first kappa shape index (κ1) is 9.89. The molecular weight excluding hydrogens is 219 g/mol. The van der Waals surface area contributed by atoms with Crippen LogP contribution < -0.4 is 0 Å². The van der Waals surface area contributed by atoms with Crippen molar-refractivity contribution in [1.82, 2.24) is 19.7 Å². The molecule has 0 bridgehead atoms. The molecule has 0 spiro atoms. The molecule has 0 saturated carbocycles. The minimum absolute atomic E-state index is 0.231. The Morgan fingerprint density at radius 2 is 2.06 bits per heavy atom. The predicted molar refractivity (Wildman–Crippen MR) is 60.8 cm³/mol. The lowest BCUT2D eigenvalue weighted by molar-refractivity contribution is 0.589. The molecule has 17 heavy (non-hydrogen) atoms. The molecule has 0 aliphatic heterocycles. The van der Waals surface area contributed by atoms with Crippen molar-refractivity contribution < 1.29 is 4.39 Å². The zero-order valence-corrected chi connectivity index (χ0v) is 8.92. The Hall–Kier alpha value is -2.30. The van der Waals surface area contributed by atoms with Crippen LogP contribution in [0, 0.1) is 5.82 Å². The summed E-state index contributed by atoms with van der Waals surface area (Å²) in [5.74, 6) is -0.231. The van der Waals surface area contributed by atoms with Gasteiger partial charge in [0.25, 0.3) is 0 Å². The average Bonchev–Trinajstić information content (AvgIpc) is 2.76. The van der Waals surface area contributed by atoms with Gasteiger partial charge < -0.3 is 0 Å². The number of hydrogen-bond acceptors (Lipinski definition) is 3. The highest BCUT2D eigenvalue weighted by atomic mass is 19.1. The van der Waals surface area contributed by atoms with E-state index in [9.17, 15) is 4.39 Å². The van der Waals surface area contributed by atoms with Crippen molar-refractivity contribution in [3.05, 3.63) is 54.4 Å². The van der Waals surface area contributed by atoms with E-state index in [-0.39, 0.29) is 5.82 Å². The molecule has 0 fully saturated rings. The van der Waals surface area contributed by atoms with Gasteiger partial charge in [-0.1, -0.05) is 18.2 Å². The van der Waals surface area contributed by atoms with Crippen LogP contribution in [0.15, 0.2) is 43.0 Å². The molecule has 0 radical (unpaired) electrons. The van der Waals surface area contributed by atoms with E-state index in [1.807, 2.05) is 0 Å². The van der Waals surface area contributed by atoms with Gasteiger partial charge in [-0.2, -0.15) is 5.10 Å². The van der Waals surface area contributed by atoms with E-state index in [2.05, 4.69) is 15.1 Å². The Labute approximate surface area is 96.7 Å². The molecule has 1 aromatic carbocycles. The van der Waals surface area contributed by atoms with Crippen LogP contribution in [0.3, 0.4) is 0 Å². The highest BCUT2D eigenvalue weighted by Crippen LogP contribution is 2.13. The molecule has 0 amide bonds. The summed E-state index contributed by atoms with van der Waals surface area (Å²) in [5.41, 5.74) is 1.30. The minimum Gasteiger partial charge on any atom is -0.244 e. The van der Waals surface area contributed by atoms with Gasteiger partial charge in [0.1, 0.15) is 12.1 Å². The first-order valence-corrected chi connectivity index (χ1v) is 5.19. The molecule has 0 aliphatic rings. The van der Waals surface area contributed by atoms with Crippen molar-refractivity contribution in [1.29, 1.82) is 0 Å². The number of fused-ring (bicyclic) bond motifs is 1. The van der Waals surface area contributed by atoms with Crippen LogP contribution in [0.25, 0.3) is 11.0 Å². The van der Waals surface area contributed by atoms with Gasteiger partial charge in [-0.15, -0.1) is 0 Å². The van der Waals surface area contributed by atoms with Crippen molar-refractivity contribution in [3.8, 4) is 0 Å². The number of aromatic nitrogens is 4. The minimum atomic E-state index is -0.231. The fraction of sp³-hybridized carbons (Fsp3) is 0.0833. The first-order valence-electron chi connectivity index (χ1n) is 5.19. The number of hydrogen-bond donors (Lipinski definition) is 0. The summed E-state index contributed by atoms with van der Waals surface area (Å²) < 4.78 is 15.2. The molecule has 0 unspecified atom stereocenters. The Morgan fingerprint density at radius 1 is 1.18 bits per heavy atom. The Morgan fingerprint density at radius 3 is 2.94 bits per heavy atom. The van der Waals surface area contributed by atoms with Crippen LogP contribution in [-0.4, -0.2) is 19.7 Å². The highest BCUT2D eigenvalue weighted by molar-refractivity contribution is 5.72. The number of rotatable bonds is 2. The second kappa shape index (κ2) is 3.93. The smallest absolute Gasteiger partial charge is 0.161 e. The maximum Gasteiger partial charge on any atom is 0.161 e.